The minimum absolute atomic E-state index is 0.146. The van der Waals surface area contributed by atoms with Crippen LogP contribution in [-0.4, -0.2) is 29.4 Å². The lowest BCUT2D eigenvalue weighted by atomic mass is 10.1. The van der Waals surface area contributed by atoms with E-state index in [2.05, 4.69) is 0 Å². The normalized spacial score (nSPS) is 12.5. The van der Waals surface area contributed by atoms with Gasteiger partial charge in [-0.25, -0.2) is 4.79 Å². The van der Waals surface area contributed by atoms with E-state index in [1.807, 2.05) is 0 Å². The van der Waals surface area contributed by atoms with Crippen molar-refractivity contribution < 1.29 is 32.6 Å². The molecule has 0 heterocycles. The van der Waals surface area contributed by atoms with Gasteiger partial charge in [-0.1, -0.05) is 30.3 Å². The van der Waals surface area contributed by atoms with Gasteiger partial charge in [0.2, 0.25) is 0 Å². The number of hydrogen-bond donors (Lipinski definition) is 2. The molecule has 2 N–H and O–H groups in total. The first-order valence-electron chi connectivity index (χ1n) is 6.54. The molecule has 0 bridgehead atoms. The Bertz CT molecular complexity index is 491. The number of nitrogens with one attached hydrogen (secondary N) is 1. The molecule has 5 nitrogen and oxygen atoms in total. The topological polar surface area (TPSA) is 75.6 Å². The number of alkyl halides is 3. The van der Waals surface area contributed by atoms with E-state index in [1.54, 1.807) is 35.6 Å². The van der Waals surface area contributed by atoms with Crippen molar-refractivity contribution in [3.63, 3.8) is 0 Å². The first-order chi connectivity index (χ1) is 10.3. The highest BCUT2D eigenvalue weighted by molar-refractivity contribution is 5.68. The molecule has 1 unspecified atom stereocenters. The third-order valence-corrected chi connectivity index (χ3v) is 2.78. The smallest absolute Gasteiger partial charge is 0.408 e. The highest BCUT2D eigenvalue weighted by Crippen LogP contribution is 2.24. The summed E-state index contributed by atoms with van der Waals surface area (Å²) in [6.07, 6.45) is -6.96. The van der Waals surface area contributed by atoms with Crippen LogP contribution in [0.25, 0.3) is 0 Å². The van der Waals surface area contributed by atoms with Gasteiger partial charge in [0.25, 0.3) is 0 Å². The summed E-state index contributed by atoms with van der Waals surface area (Å²) >= 11 is 0. The van der Waals surface area contributed by atoms with Crippen LogP contribution in [0.4, 0.5) is 18.0 Å². The maximum atomic E-state index is 12.8. The van der Waals surface area contributed by atoms with E-state index in [0.29, 0.717) is 5.56 Å². The van der Waals surface area contributed by atoms with E-state index in [0.717, 1.165) is 0 Å². The van der Waals surface area contributed by atoms with Gasteiger partial charge >= 0.3 is 18.2 Å². The maximum absolute atomic E-state index is 12.8. The summed E-state index contributed by atoms with van der Waals surface area (Å²) in [5.74, 6) is -1.19. The molecule has 0 saturated carbocycles. The molecular weight excluding hydrogens is 303 g/mol. The quantitative estimate of drug-likeness (QED) is 0.810. The van der Waals surface area contributed by atoms with E-state index in [4.69, 9.17) is 9.84 Å². The average molecular weight is 319 g/mol. The van der Waals surface area contributed by atoms with Crippen molar-refractivity contribution in [2.24, 2.45) is 0 Å². The zero-order valence-corrected chi connectivity index (χ0v) is 11.6. The fraction of sp³-hybridized carbons (Fsp3) is 0.429. The van der Waals surface area contributed by atoms with Crippen LogP contribution in [0.2, 0.25) is 0 Å². The van der Waals surface area contributed by atoms with Crippen molar-refractivity contribution in [1.82, 2.24) is 5.32 Å². The minimum Gasteiger partial charge on any atom is -0.481 e. The summed E-state index contributed by atoms with van der Waals surface area (Å²) in [5, 5.41) is 10.1. The van der Waals surface area contributed by atoms with Crippen LogP contribution in [-0.2, 0) is 16.1 Å². The Balaban J connectivity index is 2.46. The number of carbonyl (C=O) groups is 2. The van der Waals surface area contributed by atoms with E-state index in [9.17, 15) is 22.8 Å². The van der Waals surface area contributed by atoms with Gasteiger partial charge < -0.3 is 15.2 Å². The first-order valence-corrected chi connectivity index (χ1v) is 6.54. The largest absolute Gasteiger partial charge is 0.481 e. The van der Waals surface area contributed by atoms with Crippen LogP contribution < -0.4 is 5.32 Å². The number of amides is 1. The fourth-order valence-electron chi connectivity index (χ4n) is 1.68. The minimum atomic E-state index is -4.66. The lowest BCUT2D eigenvalue weighted by molar-refractivity contribution is -0.157. The molecule has 0 fully saturated rings. The van der Waals surface area contributed by atoms with Gasteiger partial charge in [-0.2, -0.15) is 13.2 Å². The molecule has 1 aromatic carbocycles. The molecule has 8 heteroatoms. The number of aliphatic carboxylic acids is 1. The Morgan fingerprint density at radius 2 is 1.86 bits per heavy atom. The van der Waals surface area contributed by atoms with E-state index >= 15 is 0 Å². The molecule has 0 aliphatic rings. The van der Waals surface area contributed by atoms with E-state index in [1.165, 1.54) is 0 Å². The van der Waals surface area contributed by atoms with Gasteiger partial charge in [-0.05, 0) is 18.4 Å². The summed E-state index contributed by atoms with van der Waals surface area (Å²) in [7, 11) is 0. The predicted molar refractivity (Wildman–Crippen MR) is 71.1 cm³/mol. The molecular formula is C14H16F3NO4. The van der Waals surface area contributed by atoms with Crippen molar-refractivity contribution in [2.45, 2.75) is 38.1 Å². The van der Waals surface area contributed by atoms with E-state index in [-0.39, 0.29) is 13.0 Å². The Hall–Kier alpha value is -2.25. The number of carbonyl (C=O) groups excluding carboxylic acids is 1. The number of alkyl carbamates (subject to hydrolysis) is 1. The number of carboxylic acid groups (broad SMARTS) is 1. The molecule has 0 radical (unpaired) electrons. The van der Waals surface area contributed by atoms with Gasteiger partial charge in [0.15, 0.2) is 0 Å². The zero-order valence-electron chi connectivity index (χ0n) is 11.6. The van der Waals surface area contributed by atoms with Crippen LogP contribution in [0.5, 0.6) is 0 Å². The molecule has 1 rings (SSSR count). The number of carboxylic acids is 1. The second-order valence-corrected chi connectivity index (χ2v) is 4.59. The summed E-state index contributed by atoms with van der Waals surface area (Å²) in [5.41, 5.74) is 0.645. The highest BCUT2D eigenvalue weighted by atomic mass is 19.4. The van der Waals surface area contributed by atoms with Crippen LogP contribution in [0.15, 0.2) is 30.3 Å². The van der Waals surface area contributed by atoms with Crippen LogP contribution in [0.1, 0.15) is 24.8 Å². The lowest BCUT2D eigenvalue weighted by Gasteiger charge is -2.21. The third-order valence-electron chi connectivity index (χ3n) is 2.78. The van der Waals surface area contributed by atoms with Crippen molar-refractivity contribution in [3.05, 3.63) is 35.9 Å². The summed E-state index contributed by atoms with van der Waals surface area (Å²) < 4.78 is 43.0. The zero-order chi connectivity index (χ0) is 16.6. The molecule has 0 aliphatic heterocycles. The molecule has 1 atom stereocenters. The van der Waals surface area contributed by atoms with Crippen LogP contribution in [0.3, 0.4) is 0 Å². The number of halogens is 3. The molecule has 0 aromatic heterocycles. The molecule has 1 aromatic rings. The summed E-state index contributed by atoms with van der Waals surface area (Å²) in [6.45, 7) is -0.146. The lowest BCUT2D eigenvalue weighted by Crippen LogP contribution is -2.45. The Morgan fingerprint density at radius 3 is 2.41 bits per heavy atom. The molecule has 0 spiro atoms. The summed E-state index contributed by atoms with van der Waals surface area (Å²) in [4.78, 5) is 21.7. The van der Waals surface area contributed by atoms with Gasteiger partial charge in [0.1, 0.15) is 12.6 Å². The Labute approximate surface area is 125 Å². The van der Waals surface area contributed by atoms with Gasteiger partial charge in [0, 0.05) is 6.42 Å². The second kappa shape index (κ2) is 8.26. The van der Waals surface area contributed by atoms with E-state index < -0.39 is 37.1 Å². The average Bonchev–Trinajstić information content (AvgIpc) is 2.44. The first kappa shape index (κ1) is 17.8. The Morgan fingerprint density at radius 1 is 1.23 bits per heavy atom. The maximum Gasteiger partial charge on any atom is 0.408 e. The van der Waals surface area contributed by atoms with Gasteiger partial charge in [0.05, 0.1) is 0 Å². The molecule has 0 aliphatic carbocycles. The number of benzene rings is 1. The highest BCUT2D eigenvalue weighted by Gasteiger charge is 2.40. The van der Waals surface area contributed by atoms with Crippen molar-refractivity contribution in [1.29, 1.82) is 0 Å². The number of hydrogen-bond acceptors (Lipinski definition) is 3. The van der Waals surface area contributed by atoms with Crippen molar-refractivity contribution >= 4 is 12.1 Å². The number of rotatable bonds is 7. The molecule has 0 saturated heterocycles. The van der Waals surface area contributed by atoms with Crippen molar-refractivity contribution in [2.75, 3.05) is 0 Å². The number of ether oxygens (including phenoxy) is 1. The second-order valence-electron chi connectivity index (χ2n) is 4.59. The summed E-state index contributed by atoms with van der Waals surface area (Å²) in [6, 6.07) is 6.38. The van der Waals surface area contributed by atoms with Gasteiger partial charge in [-0.15, -0.1) is 0 Å². The molecule has 22 heavy (non-hydrogen) atoms. The van der Waals surface area contributed by atoms with Crippen molar-refractivity contribution in [3.8, 4) is 0 Å². The van der Waals surface area contributed by atoms with Crippen LogP contribution in [0, 0.1) is 0 Å². The Kier molecular flexibility index (Phi) is 6.68. The predicted octanol–water partition coefficient (Wildman–Crippen LogP) is 3.10. The SMILES string of the molecule is O=C(O)CCCC(NC(=O)OCc1ccccc1)C(F)(F)F. The molecule has 122 valence electrons. The van der Waals surface area contributed by atoms with Crippen LogP contribution >= 0.6 is 0 Å². The van der Waals surface area contributed by atoms with Gasteiger partial charge in [-0.3, -0.25) is 4.79 Å². The fourth-order valence-corrected chi connectivity index (χ4v) is 1.68. The monoisotopic (exact) mass is 319 g/mol. The standard InChI is InChI=1S/C14H16F3NO4/c15-14(16,17)11(7-4-8-12(19)20)18-13(21)22-9-10-5-2-1-3-6-10/h1-3,5-6,11H,4,7-9H2,(H,18,21)(H,19,20). The third kappa shape index (κ3) is 6.96. The molecule has 1 amide bonds.